The minimum Gasteiger partial charge on any atom is -0.412 e. The van der Waals surface area contributed by atoms with Crippen molar-refractivity contribution in [1.29, 1.82) is 0 Å². The molecule has 3 heterocycles. The van der Waals surface area contributed by atoms with Crippen molar-refractivity contribution in [3.63, 3.8) is 0 Å². The van der Waals surface area contributed by atoms with E-state index in [1.165, 1.54) is 12.3 Å². The van der Waals surface area contributed by atoms with E-state index in [1.807, 2.05) is 0 Å². The fourth-order valence-corrected chi connectivity index (χ4v) is 5.09. The van der Waals surface area contributed by atoms with Crippen LogP contribution in [0.15, 0.2) is 70.1 Å². The standard InChI is InChI=1S/C24H19F3N6O4S/c25-24(26,27)22-33-32-21(37-22)17-12-28-23(31-20(17)30-18(13-34)14-5-2-1-3-6-14)29-16-8-9-19-15(11-16)7-4-10-38(19,35)36/h1-9,11-12,18,34H,10,13H2,(H2,28,29,30,31)/t18-/m1/s1. The van der Waals surface area contributed by atoms with Crippen molar-refractivity contribution in [2.24, 2.45) is 0 Å². The molecule has 4 aromatic rings. The number of aromatic nitrogens is 4. The summed E-state index contributed by atoms with van der Waals surface area (Å²) in [5.74, 6) is -2.02. The summed E-state index contributed by atoms with van der Waals surface area (Å²) >= 11 is 0. The van der Waals surface area contributed by atoms with E-state index in [0.29, 0.717) is 16.8 Å². The van der Waals surface area contributed by atoms with E-state index in [0.717, 1.165) is 0 Å². The molecule has 0 saturated heterocycles. The summed E-state index contributed by atoms with van der Waals surface area (Å²) in [5, 5.41) is 22.5. The molecule has 0 aliphatic carbocycles. The Hall–Kier alpha value is -4.30. The molecule has 1 aliphatic heterocycles. The molecule has 196 valence electrons. The fourth-order valence-electron chi connectivity index (χ4n) is 3.80. The van der Waals surface area contributed by atoms with Gasteiger partial charge in [0, 0.05) is 11.9 Å². The van der Waals surface area contributed by atoms with E-state index in [2.05, 4.69) is 30.8 Å². The molecule has 0 bridgehead atoms. The Balaban J connectivity index is 1.51. The number of fused-ring (bicyclic) bond motifs is 1. The maximum atomic E-state index is 13.0. The van der Waals surface area contributed by atoms with Gasteiger partial charge in [0.1, 0.15) is 5.82 Å². The molecule has 0 radical (unpaired) electrons. The fraction of sp³-hybridized carbons (Fsp3) is 0.167. The number of anilines is 3. The molecule has 0 fully saturated rings. The van der Waals surface area contributed by atoms with Crippen LogP contribution in [-0.4, -0.2) is 46.0 Å². The van der Waals surface area contributed by atoms with Crippen LogP contribution in [0.2, 0.25) is 0 Å². The summed E-state index contributed by atoms with van der Waals surface area (Å²) in [7, 11) is -3.41. The number of hydrogen-bond donors (Lipinski definition) is 3. The van der Waals surface area contributed by atoms with Gasteiger partial charge in [-0.2, -0.15) is 18.2 Å². The third kappa shape index (κ3) is 5.21. The molecule has 0 spiro atoms. The Morgan fingerprint density at radius 1 is 1.11 bits per heavy atom. The third-order valence-electron chi connectivity index (χ3n) is 5.60. The lowest BCUT2D eigenvalue weighted by Crippen LogP contribution is -2.17. The van der Waals surface area contributed by atoms with Crippen LogP contribution >= 0.6 is 0 Å². The summed E-state index contributed by atoms with van der Waals surface area (Å²) in [4.78, 5) is 8.74. The maximum absolute atomic E-state index is 13.0. The maximum Gasteiger partial charge on any atom is 0.470 e. The molecule has 0 amide bonds. The quantitative estimate of drug-likeness (QED) is 0.309. The Bertz CT molecular complexity index is 1610. The van der Waals surface area contributed by atoms with Crippen LogP contribution in [0.3, 0.4) is 0 Å². The molecule has 2 aromatic carbocycles. The highest BCUT2D eigenvalue weighted by Crippen LogP contribution is 2.34. The van der Waals surface area contributed by atoms with Crippen molar-refractivity contribution in [3.05, 3.63) is 77.8 Å². The zero-order valence-corrected chi connectivity index (χ0v) is 20.2. The van der Waals surface area contributed by atoms with Gasteiger partial charge in [0.25, 0.3) is 5.89 Å². The lowest BCUT2D eigenvalue weighted by Gasteiger charge is -2.19. The van der Waals surface area contributed by atoms with Crippen LogP contribution in [0.1, 0.15) is 23.1 Å². The second kappa shape index (κ2) is 9.87. The summed E-state index contributed by atoms with van der Waals surface area (Å²) in [6.07, 6.45) is -0.397. The first-order chi connectivity index (χ1) is 18.1. The zero-order chi connectivity index (χ0) is 26.9. The summed E-state index contributed by atoms with van der Waals surface area (Å²) in [6.45, 7) is -0.362. The smallest absolute Gasteiger partial charge is 0.412 e. The molecule has 2 aromatic heterocycles. The minimum atomic E-state index is -4.84. The average molecular weight is 545 g/mol. The molecule has 14 heteroatoms. The molecule has 0 saturated carbocycles. The monoisotopic (exact) mass is 544 g/mol. The number of benzene rings is 2. The van der Waals surface area contributed by atoms with Gasteiger partial charge in [-0.3, -0.25) is 0 Å². The van der Waals surface area contributed by atoms with Gasteiger partial charge in [-0.1, -0.05) is 42.5 Å². The molecule has 10 nitrogen and oxygen atoms in total. The van der Waals surface area contributed by atoms with Gasteiger partial charge < -0.3 is 20.2 Å². The zero-order valence-electron chi connectivity index (χ0n) is 19.3. The third-order valence-corrected chi connectivity index (χ3v) is 7.27. The highest BCUT2D eigenvalue weighted by atomic mass is 32.2. The average Bonchev–Trinajstić information content (AvgIpc) is 3.39. The van der Waals surface area contributed by atoms with Crippen LogP contribution in [0.4, 0.5) is 30.6 Å². The first-order valence-electron chi connectivity index (χ1n) is 11.1. The van der Waals surface area contributed by atoms with E-state index in [-0.39, 0.29) is 34.6 Å². The molecule has 3 N–H and O–H groups in total. The first-order valence-corrected chi connectivity index (χ1v) is 12.8. The van der Waals surface area contributed by atoms with Gasteiger partial charge in [0.05, 0.1) is 28.9 Å². The topological polar surface area (TPSA) is 143 Å². The number of sulfone groups is 1. The normalized spacial score (nSPS) is 15.1. The van der Waals surface area contributed by atoms with Crippen molar-refractivity contribution in [2.75, 3.05) is 23.0 Å². The molecule has 1 atom stereocenters. The number of aliphatic hydroxyl groups is 1. The minimum absolute atomic E-state index is 0.0169. The van der Waals surface area contributed by atoms with E-state index in [4.69, 9.17) is 4.42 Å². The van der Waals surface area contributed by atoms with Gasteiger partial charge in [-0.15, -0.1) is 10.2 Å². The van der Waals surface area contributed by atoms with Crippen LogP contribution < -0.4 is 10.6 Å². The predicted molar refractivity (Wildman–Crippen MR) is 131 cm³/mol. The van der Waals surface area contributed by atoms with E-state index in [9.17, 15) is 26.7 Å². The van der Waals surface area contributed by atoms with Crippen molar-refractivity contribution in [2.45, 2.75) is 17.1 Å². The Kier molecular flexibility index (Phi) is 6.59. The first kappa shape index (κ1) is 25.4. The van der Waals surface area contributed by atoms with Crippen LogP contribution in [-0.2, 0) is 16.0 Å². The largest absolute Gasteiger partial charge is 0.470 e. The van der Waals surface area contributed by atoms with E-state index >= 15 is 0 Å². The second-order valence-corrected chi connectivity index (χ2v) is 10.2. The highest BCUT2D eigenvalue weighted by molar-refractivity contribution is 7.91. The van der Waals surface area contributed by atoms with Gasteiger partial charge in [-0.05, 0) is 29.3 Å². The van der Waals surface area contributed by atoms with Gasteiger partial charge in [0.2, 0.25) is 5.95 Å². The van der Waals surface area contributed by atoms with E-state index in [1.54, 1.807) is 54.6 Å². The van der Waals surface area contributed by atoms with Crippen LogP contribution in [0, 0.1) is 0 Å². The molecule has 5 rings (SSSR count). The number of alkyl halides is 3. The van der Waals surface area contributed by atoms with Crippen molar-refractivity contribution in [1.82, 2.24) is 20.2 Å². The second-order valence-electron chi connectivity index (χ2n) is 8.22. The molecular formula is C24H19F3N6O4S. The van der Waals surface area contributed by atoms with Gasteiger partial charge >= 0.3 is 12.1 Å². The lowest BCUT2D eigenvalue weighted by molar-refractivity contribution is -0.156. The number of halogens is 3. The van der Waals surface area contributed by atoms with Crippen LogP contribution in [0.5, 0.6) is 0 Å². The number of nitrogens with zero attached hydrogens (tertiary/aromatic N) is 4. The number of rotatable bonds is 7. The lowest BCUT2D eigenvalue weighted by atomic mass is 10.1. The van der Waals surface area contributed by atoms with Crippen molar-refractivity contribution < 1.29 is 31.1 Å². The molecule has 1 aliphatic rings. The van der Waals surface area contributed by atoms with Crippen molar-refractivity contribution in [3.8, 4) is 11.5 Å². The van der Waals surface area contributed by atoms with Gasteiger partial charge in [-0.25, -0.2) is 13.4 Å². The summed E-state index contributed by atoms with van der Waals surface area (Å²) < 4.78 is 68.5. The van der Waals surface area contributed by atoms with Crippen LogP contribution in [0.25, 0.3) is 17.5 Å². The van der Waals surface area contributed by atoms with Gasteiger partial charge in [0.15, 0.2) is 9.84 Å². The number of hydrogen-bond acceptors (Lipinski definition) is 10. The Morgan fingerprint density at radius 2 is 1.89 bits per heavy atom. The summed E-state index contributed by atoms with van der Waals surface area (Å²) in [5.41, 5.74) is 1.64. The SMILES string of the molecule is O=S1(=O)CC=Cc2cc(Nc3ncc(-c4nnc(C(F)(F)F)o4)c(N[C@H](CO)c4ccccc4)n3)ccc21. The van der Waals surface area contributed by atoms with E-state index < -0.39 is 33.8 Å². The Morgan fingerprint density at radius 3 is 2.61 bits per heavy atom. The predicted octanol–water partition coefficient (Wildman–Crippen LogP) is 4.24. The molecule has 38 heavy (non-hydrogen) atoms. The number of nitrogens with one attached hydrogen (secondary N) is 2. The Labute approximate surface area is 214 Å². The number of aliphatic hydroxyl groups excluding tert-OH is 1. The molecule has 0 unspecified atom stereocenters. The van der Waals surface area contributed by atoms with Crippen molar-refractivity contribution >= 4 is 33.4 Å². The molecular weight excluding hydrogens is 525 g/mol. The highest BCUT2D eigenvalue weighted by Gasteiger charge is 2.38. The summed E-state index contributed by atoms with van der Waals surface area (Å²) in [6, 6.07) is 12.8.